The van der Waals surface area contributed by atoms with Crippen LogP contribution in [-0.4, -0.2) is 18.4 Å². The molecule has 0 saturated heterocycles. The summed E-state index contributed by atoms with van der Waals surface area (Å²) in [6, 6.07) is 13.0. The van der Waals surface area contributed by atoms with Gasteiger partial charge >= 0.3 is 0 Å². The highest BCUT2D eigenvalue weighted by atomic mass is 16.5. The number of fused-ring (bicyclic) bond motifs is 1. The van der Waals surface area contributed by atoms with Gasteiger partial charge in [-0.1, -0.05) is 18.2 Å². The molecule has 2 aromatic carbocycles. The van der Waals surface area contributed by atoms with Crippen LogP contribution in [0.25, 0.3) is 0 Å². The molecule has 0 spiro atoms. The summed E-state index contributed by atoms with van der Waals surface area (Å²) in [5.41, 5.74) is 9.10. The highest BCUT2D eigenvalue weighted by Gasteiger charge is 2.12. The van der Waals surface area contributed by atoms with Crippen LogP contribution in [0.1, 0.15) is 46.8 Å². The van der Waals surface area contributed by atoms with Crippen LogP contribution < -0.4 is 15.6 Å². The average molecular weight is 352 g/mol. The molecule has 1 aliphatic rings. The first kappa shape index (κ1) is 18.0. The Bertz CT molecular complexity index is 784. The molecule has 0 heterocycles. The molecule has 5 heteroatoms. The first-order chi connectivity index (χ1) is 12.7. The number of ether oxygens (including phenoxy) is 1. The second-order valence-corrected chi connectivity index (χ2v) is 6.45. The monoisotopic (exact) mass is 352 g/mol. The Labute approximate surface area is 153 Å². The summed E-state index contributed by atoms with van der Waals surface area (Å²) in [6.45, 7) is 2.48. The van der Waals surface area contributed by atoms with Crippen LogP contribution >= 0.6 is 0 Å². The molecular weight excluding hydrogens is 328 g/mol. The molecule has 0 saturated carbocycles. The van der Waals surface area contributed by atoms with Gasteiger partial charge in [-0.15, -0.1) is 0 Å². The lowest BCUT2D eigenvalue weighted by molar-refractivity contribution is -0.121. The normalized spacial score (nSPS) is 12.8. The molecule has 3 rings (SSSR count). The topological polar surface area (TPSA) is 67.4 Å². The maximum atomic E-state index is 12.1. The molecule has 26 heavy (non-hydrogen) atoms. The van der Waals surface area contributed by atoms with E-state index in [1.54, 1.807) is 24.3 Å². The van der Waals surface area contributed by atoms with Gasteiger partial charge in [0.2, 0.25) is 5.91 Å². The first-order valence-corrected chi connectivity index (χ1v) is 9.08. The Morgan fingerprint density at radius 3 is 2.42 bits per heavy atom. The van der Waals surface area contributed by atoms with E-state index in [0.29, 0.717) is 17.9 Å². The Hall–Kier alpha value is -2.82. The van der Waals surface area contributed by atoms with E-state index in [4.69, 9.17) is 4.74 Å². The first-order valence-electron chi connectivity index (χ1n) is 9.08. The number of hydrogen-bond acceptors (Lipinski definition) is 3. The average Bonchev–Trinajstić information content (AvgIpc) is 2.67. The van der Waals surface area contributed by atoms with Gasteiger partial charge in [-0.05, 0) is 73.6 Å². The van der Waals surface area contributed by atoms with Crippen molar-refractivity contribution in [3.8, 4) is 5.75 Å². The van der Waals surface area contributed by atoms with E-state index in [0.717, 1.165) is 18.4 Å². The van der Waals surface area contributed by atoms with Crippen molar-refractivity contribution in [2.24, 2.45) is 0 Å². The fraction of sp³-hybridized carbons (Fsp3) is 0.333. The van der Waals surface area contributed by atoms with Crippen molar-refractivity contribution >= 4 is 11.8 Å². The third kappa shape index (κ3) is 4.63. The van der Waals surface area contributed by atoms with Gasteiger partial charge in [-0.3, -0.25) is 20.4 Å². The molecular formula is C21H24N2O3. The largest absolute Gasteiger partial charge is 0.494 e. The predicted molar refractivity (Wildman–Crippen MR) is 100 cm³/mol. The van der Waals surface area contributed by atoms with E-state index in [2.05, 4.69) is 23.0 Å². The molecule has 0 aromatic heterocycles. The molecule has 0 aliphatic heterocycles. The SMILES string of the molecule is CCOc1ccc(C(=O)NNC(=O)Cc2ccc3c(c2)CCCC3)cc1. The van der Waals surface area contributed by atoms with Crippen LogP contribution in [0.5, 0.6) is 5.75 Å². The maximum absolute atomic E-state index is 12.1. The van der Waals surface area contributed by atoms with Crippen LogP contribution in [0.4, 0.5) is 0 Å². The quantitative estimate of drug-likeness (QED) is 0.813. The van der Waals surface area contributed by atoms with Crippen LogP contribution in [0.15, 0.2) is 42.5 Å². The van der Waals surface area contributed by atoms with Crippen molar-refractivity contribution in [1.29, 1.82) is 0 Å². The molecule has 0 fully saturated rings. The predicted octanol–water partition coefficient (Wildman–Crippen LogP) is 2.97. The van der Waals surface area contributed by atoms with Gasteiger partial charge in [-0.2, -0.15) is 0 Å². The number of carbonyl (C=O) groups is 2. The number of amides is 2. The van der Waals surface area contributed by atoms with Crippen molar-refractivity contribution in [3.05, 3.63) is 64.7 Å². The smallest absolute Gasteiger partial charge is 0.269 e. The summed E-state index contributed by atoms with van der Waals surface area (Å²) in [7, 11) is 0. The van der Waals surface area contributed by atoms with Crippen molar-refractivity contribution in [2.75, 3.05) is 6.61 Å². The number of rotatable bonds is 5. The number of nitrogens with one attached hydrogen (secondary N) is 2. The molecule has 2 amide bonds. The zero-order valence-electron chi connectivity index (χ0n) is 15.0. The van der Waals surface area contributed by atoms with E-state index in [1.807, 2.05) is 13.0 Å². The van der Waals surface area contributed by atoms with E-state index in [9.17, 15) is 9.59 Å². The molecule has 0 atom stereocenters. The van der Waals surface area contributed by atoms with Gasteiger partial charge in [0.05, 0.1) is 13.0 Å². The molecule has 136 valence electrons. The Morgan fingerprint density at radius 1 is 0.962 bits per heavy atom. The van der Waals surface area contributed by atoms with Crippen LogP contribution in [0.3, 0.4) is 0 Å². The number of benzene rings is 2. The minimum Gasteiger partial charge on any atom is -0.494 e. The van der Waals surface area contributed by atoms with E-state index >= 15 is 0 Å². The maximum Gasteiger partial charge on any atom is 0.269 e. The fourth-order valence-corrected chi connectivity index (χ4v) is 3.19. The lowest BCUT2D eigenvalue weighted by Gasteiger charge is -2.16. The van der Waals surface area contributed by atoms with Gasteiger partial charge in [0, 0.05) is 5.56 Å². The number of carbonyl (C=O) groups excluding carboxylic acids is 2. The molecule has 0 bridgehead atoms. The van der Waals surface area contributed by atoms with Crippen LogP contribution in [0.2, 0.25) is 0 Å². The summed E-state index contributed by atoms with van der Waals surface area (Å²) in [5, 5.41) is 0. The third-order valence-corrected chi connectivity index (χ3v) is 4.52. The molecule has 0 radical (unpaired) electrons. The highest BCUT2D eigenvalue weighted by Crippen LogP contribution is 2.22. The van der Waals surface area contributed by atoms with Gasteiger partial charge in [-0.25, -0.2) is 0 Å². The van der Waals surface area contributed by atoms with Gasteiger partial charge in [0.25, 0.3) is 5.91 Å². The Kier molecular flexibility index (Phi) is 5.89. The number of hydrazine groups is 1. The Balaban J connectivity index is 1.51. The van der Waals surface area contributed by atoms with E-state index in [-0.39, 0.29) is 18.2 Å². The molecule has 5 nitrogen and oxygen atoms in total. The van der Waals surface area contributed by atoms with Crippen molar-refractivity contribution in [3.63, 3.8) is 0 Å². The van der Waals surface area contributed by atoms with Crippen LogP contribution in [-0.2, 0) is 24.1 Å². The lowest BCUT2D eigenvalue weighted by atomic mass is 9.90. The Morgan fingerprint density at radius 2 is 1.69 bits per heavy atom. The van der Waals surface area contributed by atoms with Crippen molar-refractivity contribution in [2.45, 2.75) is 39.0 Å². The zero-order chi connectivity index (χ0) is 18.4. The summed E-state index contributed by atoms with van der Waals surface area (Å²) < 4.78 is 5.34. The highest BCUT2D eigenvalue weighted by molar-refractivity contribution is 5.95. The van der Waals surface area contributed by atoms with Crippen molar-refractivity contribution in [1.82, 2.24) is 10.9 Å². The van der Waals surface area contributed by atoms with Crippen molar-refractivity contribution < 1.29 is 14.3 Å². The molecule has 1 aliphatic carbocycles. The molecule has 0 unspecified atom stereocenters. The summed E-state index contributed by atoms with van der Waals surface area (Å²) in [6.07, 6.45) is 4.90. The van der Waals surface area contributed by atoms with E-state index < -0.39 is 0 Å². The van der Waals surface area contributed by atoms with Gasteiger partial charge in [0.15, 0.2) is 0 Å². The van der Waals surface area contributed by atoms with E-state index in [1.165, 1.54) is 24.0 Å². The lowest BCUT2D eigenvalue weighted by Crippen LogP contribution is -2.42. The van der Waals surface area contributed by atoms with Crippen LogP contribution in [0, 0.1) is 0 Å². The molecule has 2 aromatic rings. The summed E-state index contributed by atoms with van der Waals surface area (Å²) in [5.74, 6) is 0.118. The fourth-order valence-electron chi connectivity index (χ4n) is 3.19. The second-order valence-electron chi connectivity index (χ2n) is 6.45. The summed E-state index contributed by atoms with van der Waals surface area (Å²) >= 11 is 0. The third-order valence-electron chi connectivity index (χ3n) is 4.52. The number of hydrogen-bond donors (Lipinski definition) is 2. The van der Waals surface area contributed by atoms with Gasteiger partial charge < -0.3 is 4.74 Å². The second kappa shape index (κ2) is 8.52. The molecule has 2 N–H and O–H groups in total. The summed E-state index contributed by atoms with van der Waals surface area (Å²) in [4.78, 5) is 24.2. The number of aryl methyl sites for hydroxylation is 2. The standard InChI is InChI=1S/C21H24N2O3/c1-2-26-19-11-9-17(10-12-19)21(25)23-22-20(24)14-15-7-8-16-5-3-4-6-18(16)13-15/h7-13H,2-6,14H2,1H3,(H,22,24)(H,23,25). The van der Waals surface area contributed by atoms with Gasteiger partial charge in [0.1, 0.15) is 5.75 Å². The minimum absolute atomic E-state index is 0.236. The minimum atomic E-state index is -0.355. The zero-order valence-corrected chi connectivity index (χ0v) is 15.0.